The number of carbonyl (C=O) groups excluding carboxylic acids is 1. The van der Waals surface area contributed by atoms with Gasteiger partial charge in [0.25, 0.3) is 0 Å². The van der Waals surface area contributed by atoms with Gasteiger partial charge in [-0.3, -0.25) is 4.79 Å². The Morgan fingerprint density at radius 2 is 2.25 bits per heavy atom. The molecule has 2 aliphatic heterocycles. The molecule has 0 aromatic carbocycles. The largest absolute Gasteiger partial charge is 0.393 e. The lowest BCUT2D eigenvalue weighted by atomic mass is 9.93. The van der Waals surface area contributed by atoms with Crippen LogP contribution < -0.4 is 5.32 Å². The highest BCUT2D eigenvalue weighted by Crippen LogP contribution is 2.20. The molecule has 2 rings (SSSR count). The van der Waals surface area contributed by atoms with Crippen molar-refractivity contribution in [1.82, 2.24) is 10.2 Å². The second-order valence-electron chi connectivity index (χ2n) is 5.16. The van der Waals surface area contributed by atoms with E-state index in [1.807, 2.05) is 11.8 Å². The van der Waals surface area contributed by atoms with Crippen molar-refractivity contribution >= 4 is 5.91 Å². The van der Waals surface area contributed by atoms with Gasteiger partial charge in [0.2, 0.25) is 5.91 Å². The van der Waals surface area contributed by atoms with Crippen LogP contribution in [0.25, 0.3) is 0 Å². The Morgan fingerprint density at radius 1 is 1.44 bits per heavy atom. The molecule has 4 nitrogen and oxygen atoms in total. The molecule has 1 amide bonds. The Bertz CT molecular complexity index is 251. The van der Waals surface area contributed by atoms with Gasteiger partial charge in [0.05, 0.1) is 12.0 Å². The number of hydrogen-bond donors (Lipinski definition) is 2. The van der Waals surface area contributed by atoms with Gasteiger partial charge in [-0.1, -0.05) is 6.92 Å². The zero-order chi connectivity index (χ0) is 11.5. The first-order chi connectivity index (χ1) is 7.68. The molecule has 0 unspecified atom stereocenters. The molecule has 0 bridgehead atoms. The molecule has 3 atom stereocenters. The Labute approximate surface area is 97.0 Å². The zero-order valence-corrected chi connectivity index (χ0v) is 9.98. The van der Waals surface area contributed by atoms with Crippen LogP contribution in [0.3, 0.4) is 0 Å². The normalized spacial score (nSPS) is 36.1. The minimum atomic E-state index is -0.228. The Hall–Kier alpha value is -0.610. The summed E-state index contributed by atoms with van der Waals surface area (Å²) in [5, 5.41) is 12.9. The quantitative estimate of drug-likeness (QED) is 0.672. The van der Waals surface area contributed by atoms with E-state index in [1.165, 1.54) is 0 Å². The second kappa shape index (κ2) is 5.15. The van der Waals surface area contributed by atoms with Gasteiger partial charge < -0.3 is 15.3 Å². The lowest BCUT2D eigenvalue weighted by molar-refractivity contribution is -0.139. The summed E-state index contributed by atoms with van der Waals surface area (Å²) < 4.78 is 0. The lowest BCUT2D eigenvalue weighted by Crippen LogP contribution is -2.49. The van der Waals surface area contributed by atoms with Gasteiger partial charge in [0, 0.05) is 19.6 Å². The van der Waals surface area contributed by atoms with E-state index in [9.17, 15) is 9.90 Å². The van der Waals surface area contributed by atoms with Gasteiger partial charge >= 0.3 is 0 Å². The molecule has 92 valence electrons. The van der Waals surface area contributed by atoms with Gasteiger partial charge in [-0.2, -0.15) is 0 Å². The van der Waals surface area contributed by atoms with Crippen molar-refractivity contribution in [3.05, 3.63) is 0 Å². The molecule has 16 heavy (non-hydrogen) atoms. The number of piperidine rings is 2. The van der Waals surface area contributed by atoms with E-state index in [2.05, 4.69) is 5.32 Å². The van der Waals surface area contributed by atoms with E-state index in [0.29, 0.717) is 0 Å². The predicted octanol–water partition coefficient (Wildman–Crippen LogP) is 0.215. The van der Waals surface area contributed by atoms with Crippen molar-refractivity contribution in [2.24, 2.45) is 11.8 Å². The monoisotopic (exact) mass is 226 g/mol. The standard InChI is InChI=1S/C12H22N2O2/c1-9-8-14(6-4-11(9)15)12(16)10-3-2-5-13-7-10/h9-11,13,15H,2-8H2,1H3/t9-,10-,11+/m1/s1. The number of nitrogens with zero attached hydrogens (tertiary/aromatic N) is 1. The molecule has 2 fully saturated rings. The average molecular weight is 226 g/mol. The summed E-state index contributed by atoms with van der Waals surface area (Å²) in [6, 6.07) is 0. The van der Waals surface area contributed by atoms with Crippen LogP contribution in [0.15, 0.2) is 0 Å². The number of likely N-dealkylation sites (tertiary alicyclic amines) is 1. The Morgan fingerprint density at radius 3 is 2.88 bits per heavy atom. The highest BCUT2D eigenvalue weighted by Gasteiger charge is 2.31. The van der Waals surface area contributed by atoms with Crippen LogP contribution in [0.4, 0.5) is 0 Å². The molecule has 0 aromatic rings. The summed E-state index contributed by atoms with van der Waals surface area (Å²) in [6.45, 7) is 5.33. The molecular formula is C12H22N2O2. The maximum absolute atomic E-state index is 12.2. The fraction of sp³-hybridized carbons (Fsp3) is 0.917. The minimum absolute atomic E-state index is 0.163. The first-order valence-corrected chi connectivity index (χ1v) is 6.36. The molecule has 0 spiro atoms. The van der Waals surface area contributed by atoms with Crippen LogP contribution in [-0.2, 0) is 4.79 Å². The third-order valence-corrected chi connectivity index (χ3v) is 3.82. The minimum Gasteiger partial charge on any atom is -0.393 e. The maximum Gasteiger partial charge on any atom is 0.226 e. The van der Waals surface area contributed by atoms with Crippen molar-refractivity contribution in [2.45, 2.75) is 32.3 Å². The van der Waals surface area contributed by atoms with Gasteiger partial charge in [0.1, 0.15) is 0 Å². The molecule has 2 N–H and O–H groups in total. The summed E-state index contributed by atoms with van der Waals surface area (Å²) in [5.74, 6) is 0.663. The van der Waals surface area contributed by atoms with Gasteiger partial charge in [-0.15, -0.1) is 0 Å². The number of rotatable bonds is 1. The smallest absolute Gasteiger partial charge is 0.226 e. The first-order valence-electron chi connectivity index (χ1n) is 6.36. The van der Waals surface area contributed by atoms with Crippen LogP contribution >= 0.6 is 0 Å². The fourth-order valence-corrected chi connectivity index (χ4v) is 2.65. The molecule has 0 radical (unpaired) electrons. The molecule has 2 heterocycles. The van der Waals surface area contributed by atoms with Crippen LogP contribution in [0.1, 0.15) is 26.2 Å². The summed E-state index contributed by atoms with van der Waals surface area (Å²) >= 11 is 0. The Balaban J connectivity index is 1.89. The van der Waals surface area contributed by atoms with Crippen LogP contribution in [0, 0.1) is 11.8 Å². The maximum atomic E-state index is 12.2. The second-order valence-corrected chi connectivity index (χ2v) is 5.16. The molecule has 0 aliphatic carbocycles. The van der Waals surface area contributed by atoms with Gasteiger partial charge in [-0.05, 0) is 31.7 Å². The van der Waals surface area contributed by atoms with E-state index in [4.69, 9.17) is 0 Å². The number of aliphatic hydroxyl groups excluding tert-OH is 1. The van der Waals surface area contributed by atoms with Crippen molar-refractivity contribution < 1.29 is 9.90 Å². The topological polar surface area (TPSA) is 52.6 Å². The van der Waals surface area contributed by atoms with E-state index >= 15 is 0 Å². The van der Waals surface area contributed by atoms with E-state index < -0.39 is 0 Å². The Kier molecular flexibility index (Phi) is 3.82. The van der Waals surface area contributed by atoms with E-state index in [0.717, 1.165) is 45.4 Å². The summed E-state index contributed by atoms with van der Waals surface area (Å²) in [5.41, 5.74) is 0. The number of nitrogens with one attached hydrogen (secondary N) is 1. The summed E-state index contributed by atoms with van der Waals surface area (Å²) in [6.07, 6.45) is 2.61. The average Bonchev–Trinajstić information content (AvgIpc) is 2.33. The SMILES string of the molecule is C[C@@H]1CN(C(=O)[C@@H]2CCCNC2)CC[C@@H]1O. The van der Waals surface area contributed by atoms with Crippen molar-refractivity contribution in [3.63, 3.8) is 0 Å². The van der Waals surface area contributed by atoms with Gasteiger partial charge in [-0.25, -0.2) is 0 Å². The first kappa shape index (κ1) is 11.9. The number of carbonyl (C=O) groups is 1. The highest BCUT2D eigenvalue weighted by molar-refractivity contribution is 5.79. The van der Waals surface area contributed by atoms with Crippen molar-refractivity contribution in [3.8, 4) is 0 Å². The molecule has 0 aromatic heterocycles. The van der Waals surface area contributed by atoms with E-state index in [-0.39, 0.29) is 23.8 Å². The summed E-state index contributed by atoms with van der Waals surface area (Å²) in [4.78, 5) is 14.1. The lowest BCUT2D eigenvalue weighted by Gasteiger charge is -2.37. The van der Waals surface area contributed by atoms with Crippen LogP contribution in [0.5, 0.6) is 0 Å². The molecule has 2 saturated heterocycles. The van der Waals surface area contributed by atoms with Gasteiger partial charge in [0.15, 0.2) is 0 Å². The fourth-order valence-electron chi connectivity index (χ4n) is 2.65. The zero-order valence-electron chi connectivity index (χ0n) is 9.98. The van der Waals surface area contributed by atoms with Crippen molar-refractivity contribution in [2.75, 3.05) is 26.2 Å². The molecule has 4 heteroatoms. The highest BCUT2D eigenvalue weighted by atomic mass is 16.3. The van der Waals surface area contributed by atoms with E-state index in [1.54, 1.807) is 0 Å². The number of aliphatic hydroxyl groups is 1. The number of amides is 1. The van der Waals surface area contributed by atoms with Crippen LogP contribution in [0.2, 0.25) is 0 Å². The summed E-state index contributed by atoms with van der Waals surface area (Å²) in [7, 11) is 0. The molecule has 0 saturated carbocycles. The third kappa shape index (κ3) is 2.55. The van der Waals surface area contributed by atoms with Crippen LogP contribution in [-0.4, -0.2) is 48.2 Å². The van der Waals surface area contributed by atoms with Crippen molar-refractivity contribution in [1.29, 1.82) is 0 Å². The third-order valence-electron chi connectivity index (χ3n) is 3.82. The molecule has 2 aliphatic rings. The number of hydrogen-bond acceptors (Lipinski definition) is 3. The molecular weight excluding hydrogens is 204 g/mol. The predicted molar refractivity (Wildman–Crippen MR) is 62.0 cm³/mol.